The fourth-order valence-corrected chi connectivity index (χ4v) is 1.61. The van der Waals surface area contributed by atoms with E-state index in [0.717, 1.165) is 26.2 Å². The number of ether oxygens (including phenoxy) is 1. The molecule has 0 amide bonds. The molecule has 0 fully saturated rings. The van der Waals surface area contributed by atoms with Gasteiger partial charge in [0.2, 0.25) is 0 Å². The van der Waals surface area contributed by atoms with Crippen LogP contribution in [0.1, 0.15) is 34.1 Å². The highest BCUT2D eigenvalue weighted by molar-refractivity contribution is 4.62. The van der Waals surface area contributed by atoms with E-state index in [4.69, 9.17) is 4.74 Å². The Labute approximate surface area is 106 Å². The van der Waals surface area contributed by atoms with E-state index in [0.29, 0.717) is 13.2 Å². The summed E-state index contributed by atoms with van der Waals surface area (Å²) in [6, 6.07) is 0. The number of rotatable bonds is 11. The second-order valence-electron chi connectivity index (χ2n) is 4.67. The zero-order chi connectivity index (χ0) is 13.1. The van der Waals surface area contributed by atoms with Crippen molar-refractivity contribution in [2.45, 2.75) is 46.3 Å². The van der Waals surface area contributed by atoms with Crippen molar-refractivity contribution in [3.05, 3.63) is 0 Å². The van der Waals surface area contributed by atoms with Gasteiger partial charge >= 0.3 is 0 Å². The van der Waals surface area contributed by atoms with E-state index in [-0.39, 0.29) is 6.10 Å². The molecule has 17 heavy (non-hydrogen) atoms. The molecule has 4 nitrogen and oxygen atoms in total. The topological polar surface area (TPSA) is 44.7 Å². The molecule has 1 atom stereocenters. The number of likely N-dealkylation sites (N-methyl/N-ethyl adjacent to an activating group) is 1. The van der Waals surface area contributed by atoms with Gasteiger partial charge in [0.25, 0.3) is 0 Å². The minimum Gasteiger partial charge on any atom is -0.389 e. The van der Waals surface area contributed by atoms with Crippen molar-refractivity contribution in [1.82, 2.24) is 10.2 Å². The summed E-state index contributed by atoms with van der Waals surface area (Å²) < 4.78 is 5.34. The third-order valence-electron chi connectivity index (χ3n) is 2.59. The van der Waals surface area contributed by atoms with Crippen molar-refractivity contribution in [1.29, 1.82) is 0 Å². The van der Waals surface area contributed by atoms with E-state index in [1.165, 1.54) is 6.42 Å². The molecule has 0 saturated carbocycles. The van der Waals surface area contributed by atoms with Gasteiger partial charge < -0.3 is 20.1 Å². The Bertz CT molecular complexity index is 165. The minimum absolute atomic E-state index is 0.185. The van der Waals surface area contributed by atoms with Gasteiger partial charge in [0.05, 0.1) is 18.8 Å². The molecule has 0 bridgehead atoms. The Balaban J connectivity index is 3.42. The molecule has 0 heterocycles. The SMILES string of the molecule is CCCN(CC)CCNCC(O)COC(C)C. The van der Waals surface area contributed by atoms with Crippen LogP contribution in [0.15, 0.2) is 0 Å². The summed E-state index contributed by atoms with van der Waals surface area (Å²) in [4.78, 5) is 2.41. The van der Waals surface area contributed by atoms with Gasteiger partial charge in [-0.25, -0.2) is 0 Å². The van der Waals surface area contributed by atoms with Crippen LogP contribution in [0.25, 0.3) is 0 Å². The lowest BCUT2D eigenvalue weighted by Crippen LogP contribution is -2.37. The van der Waals surface area contributed by atoms with Crippen molar-refractivity contribution in [3.63, 3.8) is 0 Å². The summed E-state index contributed by atoms with van der Waals surface area (Å²) >= 11 is 0. The maximum atomic E-state index is 9.62. The molecule has 0 aliphatic heterocycles. The third kappa shape index (κ3) is 10.7. The molecule has 0 aromatic rings. The first-order valence-corrected chi connectivity index (χ1v) is 6.82. The molecule has 0 rings (SSSR count). The Morgan fingerprint density at radius 2 is 1.94 bits per heavy atom. The van der Waals surface area contributed by atoms with Gasteiger partial charge in [0, 0.05) is 19.6 Å². The van der Waals surface area contributed by atoms with Crippen molar-refractivity contribution < 1.29 is 9.84 Å². The Morgan fingerprint density at radius 1 is 1.24 bits per heavy atom. The summed E-state index contributed by atoms with van der Waals surface area (Å²) in [6.07, 6.45) is 0.974. The quantitative estimate of drug-likeness (QED) is 0.536. The third-order valence-corrected chi connectivity index (χ3v) is 2.59. The van der Waals surface area contributed by atoms with Crippen LogP contribution in [0.4, 0.5) is 0 Å². The summed E-state index contributed by atoms with van der Waals surface area (Å²) in [5.41, 5.74) is 0. The molecule has 0 spiro atoms. The second-order valence-corrected chi connectivity index (χ2v) is 4.67. The second kappa shape index (κ2) is 11.0. The van der Waals surface area contributed by atoms with Gasteiger partial charge in [-0.2, -0.15) is 0 Å². The van der Waals surface area contributed by atoms with Crippen molar-refractivity contribution in [2.75, 3.05) is 39.3 Å². The van der Waals surface area contributed by atoms with Crippen LogP contribution in [0.2, 0.25) is 0 Å². The summed E-state index contributed by atoms with van der Waals surface area (Å²) in [6.45, 7) is 13.6. The van der Waals surface area contributed by atoms with Crippen molar-refractivity contribution in [3.8, 4) is 0 Å². The zero-order valence-corrected chi connectivity index (χ0v) is 11.9. The normalized spacial score (nSPS) is 13.6. The maximum Gasteiger partial charge on any atom is 0.0897 e. The highest BCUT2D eigenvalue weighted by atomic mass is 16.5. The highest BCUT2D eigenvalue weighted by Gasteiger charge is 2.05. The van der Waals surface area contributed by atoms with E-state index in [2.05, 4.69) is 24.1 Å². The highest BCUT2D eigenvalue weighted by Crippen LogP contribution is 1.92. The number of nitrogens with one attached hydrogen (secondary N) is 1. The number of aliphatic hydroxyl groups excluding tert-OH is 1. The smallest absolute Gasteiger partial charge is 0.0897 e. The first-order chi connectivity index (χ1) is 8.10. The van der Waals surface area contributed by atoms with Gasteiger partial charge in [-0.05, 0) is 33.4 Å². The molecule has 0 aromatic carbocycles. The van der Waals surface area contributed by atoms with Gasteiger partial charge in [-0.3, -0.25) is 0 Å². The fraction of sp³-hybridized carbons (Fsp3) is 1.00. The van der Waals surface area contributed by atoms with E-state index < -0.39 is 6.10 Å². The molecule has 0 saturated heterocycles. The lowest BCUT2D eigenvalue weighted by molar-refractivity contribution is 0.00631. The average molecular weight is 246 g/mol. The largest absolute Gasteiger partial charge is 0.389 e. The van der Waals surface area contributed by atoms with Crippen LogP contribution >= 0.6 is 0 Å². The number of aliphatic hydroxyl groups is 1. The molecule has 4 heteroatoms. The van der Waals surface area contributed by atoms with Crippen LogP contribution in [-0.2, 0) is 4.74 Å². The minimum atomic E-state index is -0.404. The predicted molar refractivity (Wildman–Crippen MR) is 72.4 cm³/mol. The standard InChI is InChI=1S/C13H30N2O2/c1-5-8-15(6-2)9-7-14-10-13(16)11-17-12(3)4/h12-14,16H,5-11H2,1-4H3. The number of hydrogen-bond acceptors (Lipinski definition) is 4. The first kappa shape index (κ1) is 16.8. The lowest BCUT2D eigenvalue weighted by atomic mass is 10.3. The molecular weight excluding hydrogens is 216 g/mol. The van der Waals surface area contributed by atoms with E-state index in [1.54, 1.807) is 0 Å². The molecule has 104 valence electrons. The maximum absolute atomic E-state index is 9.62. The summed E-state index contributed by atoms with van der Waals surface area (Å²) in [5.74, 6) is 0. The molecule has 0 aliphatic carbocycles. The van der Waals surface area contributed by atoms with E-state index in [9.17, 15) is 5.11 Å². The Morgan fingerprint density at radius 3 is 2.47 bits per heavy atom. The molecule has 1 unspecified atom stereocenters. The summed E-state index contributed by atoms with van der Waals surface area (Å²) in [5, 5.41) is 12.9. The van der Waals surface area contributed by atoms with Crippen LogP contribution in [-0.4, -0.2) is 61.5 Å². The van der Waals surface area contributed by atoms with Crippen LogP contribution in [0.5, 0.6) is 0 Å². The van der Waals surface area contributed by atoms with Gasteiger partial charge in [0.1, 0.15) is 0 Å². The zero-order valence-electron chi connectivity index (χ0n) is 11.9. The summed E-state index contributed by atoms with van der Waals surface area (Å²) in [7, 11) is 0. The van der Waals surface area contributed by atoms with Crippen LogP contribution in [0.3, 0.4) is 0 Å². The Kier molecular flexibility index (Phi) is 10.9. The monoisotopic (exact) mass is 246 g/mol. The first-order valence-electron chi connectivity index (χ1n) is 6.82. The average Bonchev–Trinajstić information content (AvgIpc) is 2.30. The number of nitrogens with zero attached hydrogens (tertiary/aromatic N) is 1. The molecular formula is C13H30N2O2. The van der Waals surface area contributed by atoms with Crippen LogP contribution in [0, 0.1) is 0 Å². The van der Waals surface area contributed by atoms with Gasteiger partial charge in [-0.1, -0.05) is 13.8 Å². The van der Waals surface area contributed by atoms with Crippen molar-refractivity contribution >= 4 is 0 Å². The van der Waals surface area contributed by atoms with Gasteiger partial charge in [-0.15, -0.1) is 0 Å². The molecule has 2 N–H and O–H groups in total. The van der Waals surface area contributed by atoms with Crippen LogP contribution < -0.4 is 5.32 Å². The van der Waals surface area contributed by atoms with Gasteiger partial charge in [0.15, 0.2) is 0 Å². The van der Waals surface area contributed by atoms with Crippen molar-refractivity contribution in [2.24, 2.45) is 0 Å². The molecule has 0 aliphatic rings. The lowest BCUT2D eigenvalue weighted by Gasteiger charge is -2.20. The predicted octanol–water partition coefficient (Wildman–Crippen LogP) is 1.09. The van der Waals surface area contributed by atoms with E-state index in [1.807, 2.05) is 13.8 Å². The van der Waals surface area contributed by atoms with E-state index >= 15 is 0 Å². The molecule has 0 aromatic heterocycles. The Hall–Kier alpha value is -0.160. The number of hydrogen-bond donors (Lipinski definition) is 2. The molecule has 0 radical (unpaired) electrons. The fourth-order valence-electron chi connectivity index (χ4n) is 1.61.